The number of benzene rings is 3. The fourth-order valence-electron chi connectivity index (χ4n) is 1.65. The van der Waals surface area contributed by atoms with Gasteiger partial charge in [0.15, 0.2) is 0 Å². The zero-order chi connectivity index (χ0) is 22.9. The van der Waals surface area contributed by atoms with Crippen LogP contribution in [0.4, 0.5) is 0 Å². The van der Waals surface area contributed by atoms with Crippen LogP contribution < -0.4 is 0 Å². The Morgan fingerprint density at radius 1 is 0.552 bits per heavy atom. The lowest BCUT2D eigenvalue weighted by atomic mass is 10.2. The van der Waals surface area contributed by atoms with Crippen molar-refractivity contribution in [3.63, 3.8) is 0 Å². The van der Waals surface area contributed by atoms with Gasteiger partial charge in [-0.1, -0.05) is 118 Å². The Labute approximate surface area is 177 Å². The molecule has 160 valence electrons. The predicted molar refractivity (Wildman–Crippen MR) is 127 cm³/mol. The van der Waals surface area contributed by atoms with Gasteiger partial charge < -0.3 is 10.2 Å². The van der Waals surface area contributed by atoms with Crippen molar-refractivity contribution in [2.75, 3.05) is 7.11 Å². The average molecular weight is 399 g/mol. The molecule has 0 aliphatic rings. The largest absolute Gasteiger partial charge is 0.478 e. The van der Waals surface area contributed by atoms with Crippen LogP contribution in [0.1, 0.15) is 49.2 Å². The number of aromatic carboxylic acids is 1. The molecule has 0 aromatic heterocycles. The Hall–Kier alpha value is -2.91. The van der Waals surface area contributed by atoms with Gasteiger partial charge in [0.05, 0.1) is 5.56 Å². The molecule has 0 aliphatic heterocycles. The van der Waals surface area contributed by atoms with Gasteiger partial charge >= 0.3 is 5.97 Å². The molecule has 0 atom stereocenters. The molecule has 0 aliphatic carbocycles. The Balaban J connectivity index is -0.000000311. The highest BCUT2D eigenvalue weighted by molar-refractivity contribution is 5.87. The predicted octanol–water partition coefficient (Wildman–Crippen LogP) is 7.04. The van der Waals surface area contributed by atoms with Gasteiger partial charge in [-0.05, 0) is 26.0 Å². The van der Waals surface area contributed by atoms with Crippen LogP contribution in [0.2, 0.25) is 0 Å². The molecule has 0 saturated heterocycles. The van der Waals surface area contributed by atoms with Crippen molar-refractivity contribution in [3.8, 4) is 0 Å². The molecule has 3 aromatic rings. The summed E-state index contributed by atoms with van der Waals surface area (Å²) in [6.45, 7) is 12.2. The first-order chi connectivity index (χ1) is 14.1. The lowest BCUT2D eigenvalue weighted by Crippen LogP contribution is -1.93. The van der Waals surface area contributed by atoms with Gasteiger partial charge in [-0.15, -0.1) is 0 Å². The van der Waals surface area contributed by atoms with E-state index in [0.717, 1.165) is 7.11 Å². The molecular formula is C26H38O3. The molecule has 0 spiro atoms. The first-order valence-electron chi connectivity index (χ1n) is 9.86. The van der Waals surface area contributed by atoms with Crippen LogP contribution in [0, 0.1) is 13.8 Å². The van der Waals surface area contributed by atoms with E-state index in [4.69, 9.17) is 10.2 Å². The summed E-state index contributed by atoms with van der Waals surface area (Å²) in [6, 6.07) is 28.8. The number of carbonyl (C=O) groups is 1. The standard InChI is InChI=1S/C7H6O2.2C7H8.2C2H6.CH4O/c8-7(9)6-4-2-1-3-5-6;2*1-7-5-3-2-4-6-7;3*1-2/h1-5H,(H,8,9);2*2-6H,1H3;2*1-2H3;2H,1H3. The quantitative estimate of drug-likeness (QED) is 0.462. The van der Waals surface area contributed by atoms with Gasteiger partial charge in [0.2, 0.25) is 0 Å². The number of hydrogen-bond acceptors (Lipinski definition) is 2. The molecule has 0 heterocycles. The van der Waals surface area contributed by atoms with Crippen LogP contribution in [-0.4, -0.2) is 23.3 Å². The lowest BCUT2D eigenvalue weighted by molar-refractivity contribution is 0.0697. The number of aliphatic hydroxyl groups excluding tert-OH is 1. The summed E-state index contributed by atoms with van der Waals surface area (Å²) in [5.74, 6) is -0.879. The zero-order valence-electron chi connectivity index (χ0n) is 19.0. The molecule has 0 amide bonds. The van der Waals surface area contributed by atoms with Gasteiger partial charge in [0.25, 0.3) is 0 Å². The number of rotatable bonds is 1. The van der Waals surface area contributed by atoms with Crippen molar-refractivity contribution in [1.82, 2.24) is 0 Å². The molecule has 0 fully saturated rings. The van der Waals surface area contributed by atoms with Gasteiger partial charge in [-0.2, -0.15) is 0 Å². The molecular weight excluding hydrogens is 360 g/mol. The van der Waals surface area contributed by atoms with E-state index in [9.17, 15) is 4.79 Å². The van der Waals surface area contributed by atoms with Crippen molar-refractivity contribution in [3.05, 3.63) is 108 Å². The first-order valence-corrected chi connectivity index (χ1v) is 9.86. The summed E-state index contributed by atoms with van der Waals surface area (Å²) in [4.78, 5) is 10.2. The molecule has 29 heavy (non-hydrogen) atoms. The van der Waals surface area contributed by atoms with E-state index in [2.05, 4.69) is 38.1 Å². The highest BCUT2D eigenvalue weighted by Gasteiger charge is 1.96. The Bertz CT molecular complexity index is 629. The fraction of sp³-hybridized carbons (Fsp3) is 0.269. The number of carboxylic acid groups (broad SMARTS) is 1. The topological polar surface area (TPSA) is 57.5 Å². The second-order valence-corrected chi connectivity index (χ2v) is 4.98. The fourth-order valence-corrected chi connectivity index (χ4v) is 1.65. The Kier molecular flexibility index (Phi) is 26.7. The summed E-state index contributed by atoms with van der Waals surface area (Å²) in [5.41, 5.74) is 2.97. The third-order valence-corrected chi connectivity index (χ3v) is 2.90. The third-order valence-electron chi connectivity index (χ3n) is 2.90. The van der Waals surface area contributed by atoms with Gasteiger partial charge in [0.1, 0.15) is 0 Å². The maximum atomic E-state index is 10.2. The Morgan fingerprint density at radius 3 is 0.931 bits per heavy atom. The average Bonchev–Trinajstić information content (AvgIpc) is 2.80. The molecule has 3 heteroatoms. The number of carboxylic acids is 1. The van der Waals surface area contributed by atoms with E-state index in [1.807, 2.05) is 64.1 Å². The van der Waals surface area contributed by atoms with Crippen LogP contribution in [-0.2, 0) is 0 Å². The van der Waals surface area contributed by atoms with Crippen molar-refractivity contribution < 1.29 is 15.0 Å². The minimum absolute atomic E-state index is 0.331. The molecule has 0 saturated carbocycles. The van der Waals surface area contributed by atoms with Gasteiger partial charge in [-0.3, -0.25) is 0 Å². The SMILES string of the molecule is CC.CC.CO.Cc1ccccc1.Cc1ccccc1.O=C(O)c1ccccc1. The highest BCUT2D eigenvalue weighted by atomic mass is 16.4. The summed E-state index contributed by atoms with van der Waals surface area (Å²) < 4.78 is 0. The summed E-state index contributed by atoms with van der Waals surface area (Å²) in [5, 5.41) is 15.4. The third kappa shape index (κ3) is 21.2. The van der Waals surface area contributed by atoms with Gasteiger partial charge in [-0.25, -0.2) is 4.79 Å². The molecule has 0 radical (unpaired) electrons. The lowest BCUT2D eigenvalue weighted by Gasteiger charge is -1.88. The second kappa shape index (κ2) is 25.1. The zero-order valence-corrected chi connectivity index (χ0v) is 19.0. The van der Waals surface area contributed by atoms with E-state index >= 15 is 0 Å². The molecule has 3 rings (SSSR count). The van der Waals surface area contributed by atoms with Crippen molar-refractivity contribution in [2.45, 2.75) is 41.5 Å². The van der Waals surface area contributed by atoms with Crippen LogP contribution >= 0.6 is 0 Å². The van der Waals surface area contributed by atoms with Gasteiger partial charge in [0, 0.05) is 7.11 Å². The number of aryl methyl sites for hydroxylation is 2. The maximum Gasteiger partial charge on any atom is 0.335 e. The highest BCUT2D eigenvalue weighted by Crippen LogP contribution is 1.96. The molecule has 2 N–H and O–H groups in total. The van der Waals surface area contributed by atoms with Crippen molar-refractivity contribution >= 4 is 5.97 Å². The monoisotopic (exact) mass is 398 g/mol. The summed E-state index contributed by atoms with van der Waals surface area (Å²) >= 11 is 0. The van der Waals surface area contributed by atoms with Crippen molar-refractivity contribution in [1.29, 1.82) is 0 Å². The van der Waals surface area contributed by atoms with Crippen LogP contribution in [0.15, 0.2) is 91.0 Å². The summed E-state index contributed by atoms with van der Waals surface area (Å²) in [6.07, 6.45) is 0. The van der Waals surface area contributed by atoms with Crippen LogP contribution in [0.3, 0.4) is 0 Å². The van der Waals surface area contributed by atoms with Crippen LogP contribution in [0.25, 0.3) is 0 Å². The van der Waals surface area contributed by atoms with E-state index in [1.165, 1.54) is 11.1 Å². The van der Waals surface area contributed by atoms with E-state index in [-0.39, 0.29) is 0 Å². The minimum atomic E-state index is -0.879. The number of hydrogen-bond donors (Lipinski definition) is 2. The molecule has 3 nitrogen and oxygen atoms in total. The molecule has 3 aromatic carbocycles. The van der Waals surface area contributed by atoms with Crippen LogP contribution in [0.5, 0.6) is 0 Å². The molecule has 0 unspecified atom stereocenters. The van der Waals surface area contributed by atoms with E-state index < -0.39 is 5.97 Å². The smallest absolute Gasteiger partial charge is 0.335 e. The maximum absolute atomic E-state index is 10.2. The summed E-state index contributed by atoms with van der Waals surface area (Å²) in [7, 11) is 1.00. The normalized spacial score (nSPS) is 7.59. The van der Waals surface area contributed by atoms with E-state index in [0.29, 0.717) is 5.56 Å². The first kappa shape index (κ1) is 30.8. The number of aliphatic hydroxyl groups is 1. The van der Waals surface area contributed by atoms with Crippen molar-refractivity contribution in [2.24, 2.45) is 0 Å². The molecule has 0 bridgehead atoms. The Morgan fingerprint density at radius 2 is 0.793 bits per heavy atom. The van der Waals surface area contributed by atoms with E-state index in [1.54, 1.807) is 30.3 Å². The minimum Gasteiger partial charge on any atom is -0.478 e. The second-order valence-electron chi connectivity index (χ2n) is 4.98.